The molecule has 0 saturated carbocycles. The molecule has 3 fully saturated rings. The Bertz CT molecular complexity index is 591. The van der Waals surface area contributed by atoms with Crippen molar-refractivity contribution in [3.05, 3.63) is 23.8 Å². The van der Waals surface area contributed by atoms with Crippen LogP contribution in [0.5, 0.6) is 5.75 Å². The molecule has 3 saturated heterocycles. The molecule has 1 unspecified atom stereocenters. The third kappa shape index (κ3) is 2.70. The van der Waals surface area contributed by atoms with Crippen LogP contribution < -0.4 is 10.1 Å². The van der Waals surface area contributed by atoms with Crippen LogP contribution in [-0.4, -0.2) is 48.9 Å². The number of piperidine rings is 3. The quantitative estimate of drug-likeness (QED) is 0.890. The minimum absolute atomic E-state index is 0.209. The minimum Gasteiger partial charge on any atom is -0.497 e. The Kier molecular flexibility index (Phi) is 4.44. The predicted molar refractivity (Wildman–Crippen MR) is 96.7 cm³/mol. The number of benzene rings is 1. The van der Waals surface area contributed by atoms with Crippen LogP contribution >= 0.6 is 0 Å². The molecule has 0 aromatic heterocycles. The molecule has 4 aliphatic heterocycles. The summed E-state index contributed by atoms with van der Waals surface area (Å²) in [6.07, 6.45) is 4.48. The molecule has 0 radical (unpaired) electrons. The van der Waals surface area contributed by atoms with Gasteiger partial charge in [0.25, 0.3) is 0 Å². The second kappa shape index (κ2) is 6.57. The first kappa shape index (κ1) is 16.2. The molecule has 2 bridgehead atoms. The van der Waals surface area contributed by atoms with Gasteiger partial charge in [-0.1, -0.05) is 13.3 Å². The van der Waals surface area contributed by atoms with Crippen LogP contribution in [0.3, 0.4) is 0 Å². The lowest BCUT2D eigenvalue weighted by Gasteiger charge is -2.52. The van der Waals surface area contributed by atoms with Gasteiger partial charge in [0.05, 0.1) is 13.2 Å². The van der Waals surface area contributed by atoms with E-state index in [1.807, 2.05) is 6.07 Å². The molecule has 2 N–H and O–H groups in total. The highest BCUT2D eigenvalue weighted by molar-refractivity contribution is 5.58. The Labute approximate surface area is 145 Å². The van der Waals surface area contributed by atoms with Gasteiger partial charge >= 0.3 is 0 Å². The van der Waals surface area contributed by atoms with Gasteiger partial charge in [0, 0.05) is 30.7 Å². The van der Waals surface area contributed by atoms with Crippen LogP contribution in [0.15, 0.2) is 18.2 Å². The van der Waals surface area contributed by atoms with Crippen molar-refractivity contribution in [2.75, 3.05) is 32.1 Å². The van der Waals surface area contributed by atoms with Gasteiger partial charge in [0.1, 0.15) is 5.75 Å². The van der Waals surface area contributed by atoms with E-state index < -0.39 is 0 Å². The highest BCUT2D eigenvalue weighted by atomic mass is 16.5. The van der Waals surface area contributed by atoms with E-state index in [-0.39, 0.29) is 12.0 Å². The van der Waals surface area contributed by atoms with Crippen molar-refractivity contribution in [2.45, 2.75) is 50.7 Å². The SMILES string of the molecule is CC[C@H]1CN2CC[C@H]1C[C@H]2[C@H](O)[C@H]1CCNc2ccc(OC)cc21. The van der Waals surface area contributed by atoms with Crippen LogP contribution in [-0.2, 0) is 0 Å². The largest absolute Gasteiger partial charge is 0.497 e. The summed E-state index contributed by atoms with van der Waals surface area (Å²) in [5.41, 5.74) is 2.39. The van der Waals surface area contributed by atoms with Gasteiger partial charge in [-0.2, -0.15) is 0 Å². The molecule has 6 atom stereocenters. The third-order valence-electron chi connectivity index (χ3n) is 6.70. The van der Waals surface area contributed by atoms with Crippen molar-refractivity contribution in [3.8, 4) is 5.75 Å². The summed E-state index contributed by atoms with van der Waals surface area (Å²) < 4.78 is 5.41. The zero-order valence-corrected chi connectivity index (χ0v) is 14.9. The van der Waals surface area contributed by atoms with Crippen LogP contribution in [0.2, 0.25) is 0 Å². The highest BCUT2D eigenvalue weighted by Crippen LogP contribution is 2.44. The molecule has 24 heavy (non-hydrogen) atoms. The Hall–Kier alpha value is -1.26. The van der Waals surface area contributed by atoms with Gasteiger partial charge in [0.2, 0.25) is 0 Å². The first-order valence-corrected chi connectivity index (χ1v) is 9.55. The lowest BCUT2D eigenvalue weighted by Crippen LogP contribution is -2.58. The van der Waals surface area contributed by atoms with Crippen molar-refractivity contribution >= 4 is 5.69 Å². The zero-order valence-electron chi connectivity index (χ0n) is 14.9. The fraction of sp³-hybridized carbons (Fsp3) is 0.700. The summed E-state index contributed by atoms with van der Waals surface area (Å²) in [4.78, 5) is 2.57. The Morgan fingerprint density at radius 2 is 2.25 bits per heavy atom. The molecule has 0 amide bonds. The molecule has 4 heterocycles. The van der Waals surface area contributed by atoms with E-state index in [0.717, 1.165) is 36.2 Å². The van der Waals surface area contributed by atoms with Gasteiger partial charge in [-0.3, -0.25) is 4.90 Å². The standard InChI is InChI=1S/C20H30N2O2/c1-3-13-12-22-9-7-14(13)10-19(22)20(23)16-6-8-21-18-5-4-15(24-2)11-17(16)18/h4-5,11,13-14,16,19-21,23H,3,6-10,12H2,1-2H3/t13-,14-,16-,19-,20+/m0/s1. The molecule has 0 aliphatic carbocycles. The summed E-state index contributed by atoms with van der Waals surface area (Å²) in [6, 6.07) is 6.53. The molecule has 1 aromatic carbocycles. The minimum atomic E-state index is -0.279. The van der Waals surface area contributed by atoms with Gasteiger partial charge in [0.15, 0.2) is 0 Å². The van der Waals surface area contributed by atoms with Crippen molar-refractivity contribution in [3.63, 3.8) is 0 Å². The van der Waals surface area contributed by atoms with E-state index in [1.54, 1.807) is 7.11 Å². The number of hydrogen-bond acceptors (Lipinski definition) is 4. The number of anilines is 1. The third-order valence-corrected chi connectivity index (χ3v) is 6.70. The number of nitrogens with zero attached hydrogens (tertiary/aromatic N) is 1. The normalized spacial score (nSPS) is 35.9. The van der Waals surface area contributed by atoms with Crippen LogP contribution in [0.25, 0.3) is 0 Å². The van der Waals surface area contributed by atoms with Crippen LogP contribution in [0.1, 0.15) is 44.1 Å². The van der Waals surface area contributed by atoms with Crippen molar-refractivity contribution < 1.29 is 9.84 Å². The summed E-state index contributed by atoms with van der Waals surface area (Å²) in [6.45, 7) is 5.60. The number of ether oxygens (including phenoxy) is 1. The molecule has 132 valence electrons. The Morgan fingerprint density at radius 1 is 1.38 bits per heavy atom. The van der Waals surface area contributed by atoms with E-state index in [0.29, 0.717) is 6.04 Å². The summed E-state index contributed by atoms with van der Waals surface area (Å²) in [7, 11) is 1.71. The average Bonchev–Trinajstić information content (AvgIpc) is 2.66. The molecule has 4 nitrogen and oxygen atoms in total. The van der Waals surface area contributed by atoms with Gasteiger partial charge in [-0.25, -0.2) is 0 Å². The summed E-state index contributed by atoms with van der Waals surface area (Å²) in [5, 5.41) is 14.8. The molecule has 5 rings (SSSR count). The zero-order chi connectivity index (χ0) is 16.7. The number of rotatable bonds is 4. The maximum absolute atomic E-state index is 11.3. The second-order valence-corrected chi connectivity index (χ2v) is 7.78. The lowest BCUT2D eigenvalue weighted by atomic mass is 9.70. The van der Waals surface area contributed by atoms with E-state index in [4.69, 9.17) is 4.74 Å². The maximum Gasteiger partial charge on any atom is 0.119 e. The topological polar surface area (TPSA) is 44.7 Å². The number of aliphatic hydroxyl groups excluding tert-OH is 1. The van der Waals surface area contributed by atoms with Crippen molar-refractivity contribution in [2.24, 2.45) is 11.8 Å². The molecular formula is C20H30N2O2. The first-order chi connectivity index (χ1) is 11.7. The lowest BCUT2D eigenvalue weighted by molar-refractivity contribution is -0.0638. The van der Waals surface area contributed by atoms with E-state index in [1.165, 1.54) is 37.9 Å². The van der Waals surface area contributed by atoms with Crippen molar-refractivity contribution in [1.82, 2.24) is 4.90 Å². The first-order valence-electron chi connectivity index (χ1n) is 9.55. The molecule has 4 heteroatoms. The molecule has 0 spiro atoms. The number of hydrogen-bond donors (Lipinski definition) is 2. The van der Waals surface area contributed by atoms with Crippen molar-refractivity contribution in [1.29, 1.82) is 0 Å². The van der Waals surface area contributed by atoms with Gasteiger partial charge in [-0.05, 0) is 61.4 Å². The number of nitrogens with one attached hydrogen (secondary N) is 1. The molecular weight excluding hydrogens is 300 g/mol. The smallest absolute Gasteiger partial charge is 0.119 e. The van der Waals surface area contributed by atoms with Crippen LogP contribution in [0.4, 0.5) is 5.69 Å². The molecule has 1 aromatic rings. The fourth-order valence-corrected chi connectivity index (χ4v) is 5.27. The number of fused-ring (bicyclic) bond motifs is 4. The van der Waals surface area contributed by atoms with Gasteiger partial charge in [-0.15, -0.1) is 0 Å². The molecule has 4 aliphatic rings. The Morgan fingerprint density at radius 3 is 2.96 bits per heavy atom. The second-order valence-electron chi connectivity index (χ2n) is 7.78. The van der Waals surface area contributed by atoms with E-state index >= 15 is 0 Å². The summed E-state index contributed by atoms with van der Waals surface area (Å²) in [5.74, 6) is 2.74. The van der Waals surface area contributed by atoms with E-state index in [9.17, 15) is 5.11 Å². The maximum atomic E-state index is 11.3. The highest BCUT2D eigenvalue weighted by Gasteiger charge is 2.44. The van der Waals surface area contributed by atoms with Gasteiger partial charge < -0.3 is 15.2 Å². The number of aliphatic hydroxyl groups is 1. The fourth-order valence-electron chi connectivity index (χ4n) is 5.27. The Balaban J connectivity index is 1.57. The van der Waals surface area contributed by atoms with E-state index in [2.05, 4.69) is 29.3 Å². The van der Waals surface area contributed by atoms with Crippen LogP contribution in [0, 0.1) is 11.8 Å². The monoisotopic (exact) mass is 330 g/mol. The average molecular weight is 330 g/mol. The predicted octanol–water partition coefficient (Wildman–Crippen LogP) is 3.08. The summed E-state index contributed by atoms with van der Waals surface area (Å²) >= 11 is 0. The number of methoxy groups -OCH3 is 1.